The van der Waals surface area contributed by atoms with Gasteiger partial charge >= 0.3 is 0 Å². The van der Waals surface area contributed by atoms with Crippen molar-refractivity contribution in [2.24, 2.45) is 5.73 Å². The van der Waals surface area contributed by atoms with Gasteiger partial charge in [0.15, 0.2) is 0 Å². The molecule has 21 heavy (non-hydrogen) atoms. The number of amides is 2. The molecule has 7 heteroatoms. The molecular weight excluding hydrogens is 272 g/mol. The van der Waals surface area contributed by atoms with Gasteiger partial charge in [-0.15, -0.1) is 0 Å². The summed E-state index contributed by atoms with van der Waals surface area (Å²) in [6.45, 7) is 10.4. The van der Waals surface area contributed by atoms with E-state index >= 15 is 0 Å². The molecule has 0 aromatic rings. The highest BCUT2D eigenvalue weighted by Gasteiger charge is 2.33. The van der Waals surface area contributed by atoms with Crippen LogP contribution in [0.2, 0.25) is 0 Å². The second-order valence-corrected chi connectivity index (χ2v) is 6.23. The SMILES string of the molecule is CC1CN(C(C)(C)CNC(=O)CNC(=O)CN)CC(C)O1. The summed E-state index contributed by atoms with van der Waals surface area (Å²) in [5.41, 5.74) is 5.00. The molecule has 4 N–H and O–H groups in total. The maximum atomic E-state index is 11.7. The van der Waals surface area contributed by atoms with Crippen LogP contribution in [0.4, 0.5) is 0 Å². The Kier molecular flexibility index (Phi) is 6.57. The quantitative estimate of drug-likeness (QED) is 0.588. The fourth-order valence-corrected chi connectivity index (χ4v) is 2.41. The lowest BCUT2D eigenvalue weighted by Crippen LogP contribution is -2.59. The van der Waals surface area contributed by atoms with Crippen LogP contribution in [-0.4, -0.2) is 67.2 Å². The minimum atomic E-state index is -0.333. The van der Waals surface area contributed by atoms with Gasteiger partial charge in [-0.3, -0.25) is 14.5 Å². The molecule has 2 amide bonds. The van der Waals surface area contributed by atoms with Crippen molar-refractivity contribution in [1.29, 1.82) is 0 Å². The van der Waals surface area contributed by atoms with Gasteiger partial charge in [0.1, 0.15) is 0 Å². The molecule has 0 aromatic carbocycles. The Balaban J connectivity index is 2.41. The van der Waals surface area contributed by atoms with Gasteiger partial charge < -0.3 is 21.1 Å². The molecule has 0 spiro atoms. The minimum Gasteiger partial charge on any atom is -0.373 e. The number of morpholine rings is 1. The van der Waals surface area contributed by atoms with Crippen LogP contribution in [0.25, 0.3) is 0 Å². The highest BCUT2D eigenvalue weighted by Crippen LogP contribution is 2.20. The standard InChI is InChI=1S/C14H28N4O3/c1-10-7-18(8-11(2)21-10)14(3,4)9-17-13(20)6-16-12(19)5-15/h10-11H,5-9,15H2,1-4H3,(H,16,19)(H,17,20). The highest BCUT2D eigenvalue weighted by molar-refractivity contribution is 5.85. The predicted molar refractivity (Wildman–Crippen MR) is 80.7 cm³/mol. The molecule has 0 aliphatic carbocycles. The minimum absolute atomic E-state index is 0.0397. The zero-order chi connectivity index (χ0) is 16.0. The normalized spacial score (nSPS) is 23.7. The van der Waals surface area contributed by atoms with Crippen molar-refractivity contribution in [1.82, 2.24) is 15.5 Å². The van der Waals surface area contributed by atoms with Crippen LogP contribution in [0.3, 0.4) is 0 Å². The number of nitrogens with zero attached hydrogens (tertiary/aromatic N) is 1. The average Bonchev–Trinajstić information content (AvgIpc) is 2.41. The lowest BCUT2D eigenvalue weighted by molar-refractivity contribution is -0.126. The lowest BCUT2D eigenvalue weighted by Gasteiger charge is -2.45. The molecule has 122 valence electrons. The molecule has 0 saturated carbocycles. The number of carbonyl (C=O) groups is 2. The molecule has 7 nitrogen and oxygen atoms in total. The second-order valence-electron chi connectivity index (χ2n) is 6.23. The van der Waals surface area contributed by atoms with E-state index in [1.54, 1.807) is 0 Å². The van der Waals surface area contributed by atoms with E-state index in [2.05, 4.69) is 43.2 Å². The van der Waals surface area contributed by atoms with Gasteiger partial charge in [-0.05, 0) is 27.7 Å². The summed E-state index contributed by atoms with van der Waals surface area (Å²) < 4.78 is 5.73. The first kappa shape index (κ1) is 17.9. The maximum absolute atomic E-state index is 11.7. The Morgan fingerprint density at radius 1 is 1.19 bits per heavy atom. The van der Waals surface area contributed by atoms with Crippen LogP contribution < -0.4 is 16.4 Å². The van der Waals surface area contributed by atoms with Crippen LogP contribution in [0.15, 0.2) is 0 Å². The third-order valence-electron chi connectivity index (χ3n) is 3.63. The number of carbonyl (C=O) groups excluding carboxylic acids is 2. The van der Waals surface area contributed by atoms with Gasteiger partial charge in [0.2, 0.25) is 11.8 Å². The van der Waals surface area contributed by atoms with E-state index in [0.29, 0.717) is 6.54 Å². The molecule has 1 rings (SSSR count). The fraction of sp³-hybridized carbons (Fsp3) is 0.857. The Morgan fingerprint density at radius 3 is 2.29 bits per heavy atom. The fourth-order valence-electron chi connectivity index (χ4n) is 2.41. The summed E-state index contributed by atoms with van der Waals surface area (Å²) in [6, 6.07) is 0. The van der Waals surface area contributed by atoms with Crippen molar-refractivity contribution in [2.45, 2.75) is 45.4 Å². The van der Waals surface area contributed by atoms with Gasteiger partial charge in [-0.2, -0.15) is 0 Å². The molecular formula is C14H28N4O3. The van der Waals surface area contributed by atoms with Crippen molar-refractivity contribution >= 4 is 11.8 Å². The third-order valence-corrected chi connectivity index (χ3v) is 3.63. The number of nitrogens with two attached hydrogens (primary N) is 1. The molecule has 0 bridgehead atoms. The van der Waals surface area contributed by atoms with E-state index in [4.69, 9.17) is 10.5 Å². The summed E-state index contributed by atoms with van der Waals surface area (Å²) in [6.07, 6.45) is 0.375. The van der Waals surface area contributed by atoms with Crippen molar-refractivity contribution in [3.05, 3.63) is 0 Å². The Hall–Kier alpha value is -1.18. The van der Waals surface area contributed by atoms with Gasteiger partial charge in [0.25, 0.3) is 0 Å². The Bertz CT molecular complexity index is 363. The number of rotatable bonds is 6. The van der Waals surface area contributed by atoms with Crippen LogP contribution in [0.5, 0.6) is 0 Å². The number of ether oxygens (including phenoxy) is 1. The van der Waals surface area contributed by atoms with Crippen molar-refractivity contribution in [3.63, 3.8) is 0 Å². The maximum Gasteiger partial charge on any atom is 0.239 e. The van der Waals surface area contributed by atoms with E-state index in [1.807, 2.05) is 0 Å². The molecule has 1 aliphatic rings. The summed E-state index contributed by atoms with van der Waals surface area (Å²) in [5, 5.41) is 5.30. The molecule has 2 atom stereocenters. The summed E-state index contributed by atoms with van der Waals surface area (Å²) in [7, 11) is 0. The van der Waals surface area contributed by atoms with Crippen LogP contribution in [0, 0.1) is 0 Å². The highest BCUT2D eigenvalue weighted by atomic mass is 16.5. The van der Waals surface area contributed by atoms with Crippen LogP contribution >= 0.6 is 0 Å². The number of hydrogen-bond acceptors (Lipinski definition) is 5. The molecule has 1 fully saturated rings. The second kappa shape index (κ2) is 7.72. The first-order valence-corrected chi connectivity index (χ1v) is 7.38. The molecule has 0 aromatic heterocycles. The van der Waals surface area contributed by atoms with Gasteiger partial charge in [0, 0.05) is 25.2 Å². The van der Waals surface area contributed by atoms with E-state index in [-0.39, 0.29) is 42.7 Å². The number of hydrogen-bond donors (Lipinski definition) is 3. The zero-order valence-corrected chi connectivity index (χ0v) is 13.4. The van der Waals surface area contributed by atoms with Crippen molar-refractivity contribution in [3.8, 4) is 0 Å². The zero-order valence-electron chi connectivity index (χ0n) is 13.4. The summed E-state index contributed by atoms with van der Waals surface area (Å²) >= 11 is 0. The van der Waals surface area contributed by atoms with E-state index in [0.717, 1.165) is 13.1 Å². The monoisotopic (exact) mass is 300 g/mol. The van der Waals surface area contributed by atoms with E-state index in [1.165, 1.54) is 0 Å². The largest absolute Gasteiger partial charge is 0.373 e. The Morgan fingerprint density at radius 2 is 1.76 bits per heavy atom. The predicted octanol–water partition coefficient (Wildman–Crippen LogP) is -0.935. The van der Waals surface area contributed by atoms with Gasteiger partial charge in [-0.25, -0.2) is 0 Å². The smallest absolute Gasteiger partial charge is 0.239 e. The summed E-state index contributed by atoms with van der Waals surface area (Å²) in [4.78, 5) is 25.0. The topological polar surface area (TPSA) is 96.7 Å². The van der Waals surface area contributed by atoms with Gasteiger partial charge in [0.05, 0.1) is 25.3 Å². The molecule has 1 aliphatic heterocycles. The van der Waals surface area contributed by atoms with E-state index < -0.39 is 0 Å². The molecule has 2 unspecified atom stereocenters. The van der Waals surface area contributed by atoms with E-state index in [9.17, 15) is 9.59 Å². The summed E-state index contributed by atoms with van der Waals surface area (Å²) in [5.74, 6) is -0.542. The van der Waals surface area contributed by atoms with Crippen LogP contribution in [0.1, 0.15) is 27.7 Å². The molecule has 1 saturated heterocycles. The first-order valence-electron chi connectivity index (χ1n) is 7.38. The molecule has 0 radical (unpaired) electrons. The van der Waals surface area contributed by atoms with Crippen molar-refractivity contribution in [2.75, 3.05) is 32.7 Å². The first-order chi connectivity index (χ1) is 9.74. The third kappa shape index (κ3) is 5.99. The van der Waals surface area contributed by atoms with Crippen molar-refractivity contribution < 1.29 is 14.3 Å². The Labute approximate surface area is 126 Å². The number of nitrogens with one attached hydrogen (secondary N) is 2. The average molecular weight is 300 g/mol. The molecule has 1 heterocycles. The van der Waals surface area contributed by atoms with Crippen LogP contribution in [-0.2, 0) is 14.3 Å². The lowest BCUT2D eigenvalue weighted by atomic mass is 10.00. The van der Waals surface area contributed by atoms with Gasteiger partial charge in [-0.1, -0.05) is 0 Å².